The van der Waals surface area contributed by atoms with Gasteiger partial charge < -0.3 is 5.32 Å². The van der Waals surface area contributed by atoms with Crippen LogP contribution in [0.4, 0.5) is 5.69 Å². The second-order valence-electron chi connectivity index (χ2n) is 6.92. The van der Waals surface area contributed by atoms with Crippen LogP contribution >= 0.6 is 0 Å². The van der Waals surface area contributed by atoms with Gasteiger partial charge in [-0.1, -0.05) is 42.5 Å². The lowest BCUT2D eigenvalue weighted by molar-refractivity contribution is -0.120. The van der Waals surface area contributed by atoms with Gasteiger partial charge in [-0.25, -0.2) is 5.43 Å². The lowest BCUT2D eigenvalue weighted by Gasteiger charge is -2.19. The van der Waals surface area contributed by atoms with E-state index in [1.54, 1.807) is 6.92 Å². The Morgan fingerprint density at radius 3 is 2.56 bits per heavy atom. The smallest absolute Gasteiger partial charge is 0.244 e. The van der Waals surface area contributed by atoms with Gasteiger partial charge in [0.1, 0.15) is 0 Å². The van der Waals surface area contributed by atoms with E-state index >= 15 is 0 Å². The molecule has 0 atom stereocenters. The molecule has 0 spiro atoms. The van der Waals surface area contributed by atoms with Gasteiger partial charge in [0.25, 0.3) is 0 Å². The summed E-state index contributed by atoms with van der Waals surface area (Å²) in [5, 5.41) is 7.04. The van der Waals surface area contributed by atoms with Crippen molar-refractivity contribution in [3.8, 4) is 0 Å². The van der Waals surface area contributed by atoms with Crippen molar-refractivity contribution in [1.82, 2.24) is 5.43 Å². The van der Waals surface area contributed by atoms with Gasteiger partial charge in [-0.15, -0.1) is 0 Å². The molecule has 2 amide bonds. The predicted molar refractivity (Wildman–Crippen MR) is 108 cm³/mol. The molecule has 1 aliphatic rings. The van der Waals surface area contributed by atoms with Crippen LogP contribution in [0.3, 0.4) is 0 Å². The molecule has 27 heavy (non-hydrogen) atoms. The van der Waals surface area contributed by atoms with Crippen molar-refractivity contribution in [3.05, 3.63) is 65.2 Å². The van der Waals surface area contributed by atoms with E-state index in [9.17, 15) is 9.59 Å². The number of hydrazone groups is 1. The lowest BCUT2D eigenvalue weighted by atomic mass is 9.90. The molecular formula is C22H25N3O2. The van der Waals surface area contributed by atoms with Crippen LogP contribution in [-0.4, -0.2) is 17.5 Å². The third kappa shape index (κ3) is 5.51. The fraction of sp³-hybridized carbons (Fsp3) is 0.318. The summed E-state index contributed by atoms with van der Waals surface area (Å²) < 4.78 is 0. The number of amides is 2. The molecule has 0 fully saturated rings. The predicted octanol–water partition coefficient (Wildman–Crippen LogP) is 3.63. The largest absolute Gasteiger partial charge is 0.325 e. The van der Waals surface area contributed by atoms with Crippen molar-refractivity contribution in [2.75, 3.05) is 5.32 Å². The first-order valence-corrected chi connectivity index (χ1v) is 9.38. The second kappa shape index (κ2) is 9.12. The highest BCUT2D eigenvalue weighted by Gasteiger charge is 2.14. The van der Waals surface area contributed by atoms with Crippen LogP contribution in [0.2, 0.25) is 0 Å². The molecule has 2 aromatic rings. The minimum Gasteiger partial charge on any atom is -0.325 e. The van der Waals surface area contributed by atoms with Gasteiger partial charge in [0.2, 0.25) is 11.8 Å². The van der Waals surface area contributed by atoms with E-state index in [4.69, 9.17) is 0 Å². The molecule has 0 radical (unpaired) electrons. The van der Waals surface area contributed by atoms with E-state index in [2.05, 4.69) is 21.9 Å². The summed E-state index contributed by atoms with van der Waals surface area (Å²) in [7, 11) is 0. The maximum Gasteiger partial charge on any atom is 0.244 e. The van der Waals surface area contributed by atoms with Crippen LogP contribution in [0, 0.1) is 0 Å². The number of carbonyl (C=O) groups is 2. The fourth-order valence-corrected chi connectivity index (χ4v) is 3.34. The maximum absolute atomic E-state index is 12.3. The minimum absolute atomic E-state index is 0.118. The quantitative estimate of drug-likeness (QED) is 0.608. The van der Waals surface area contributed by atoms with E-state index in [0.29, 0.717) is 5.71 Å². The van der Waals surface area contributed by atoms with Crippen molar-refractivity contribution in [3.63, 3.8) is 0 Å². The summed E-state index contributed by atoms with van der Waals surface area (Å²) in [4.78, 5) is 24.3. The van der Waals surface area contributed by atoms with E-state index in [0.717, 1.165) is 30.5 Å². The number of benzene rings is 2. The zero-order valence-corrected chi connectivity index (χ0v) is 15.6. The van der Waals surface area contributed by atoms with Crippen LogP contribution in [0.5, 0.6) is 0 Å². The number of hydrogen-bond acceptors (Lipinski definition) is 3. The molecule has 0 saturated carbocycles. The Hall–Kier alpha value is -2.95. The molecule has 1 aliphatic carbocycles. The highest BCUT2D eigenvalue weighted by Crippen LogP contribution is 2.27. The monoisotopic (exact) mass is 363 g/mol. The van der Waals surface area contributed by atoms with E-state index in [1.807, 2.05) is 42.5 Å². The molecule has 5 nitrogen and oxygen atoms in total. The Morgan fingerprint density at radius 1 is 0.963 bits per heavy atom. The Bertz CT molecular complexity index is 844. The second-order valence-corrected chi connectivity index (χ2v) is 6.92. The van der Waals surface area contributed by atoms with Gasteiger partial charge in [-0.05, 0) is 55.4 Å². The molecule has 2 N–H and O–H groups in total. The van der Waals surface area contributed by atoms with Crippen molar-refractivity contribution in [1.29, 1.82) is 0 Å². The molecule has 0 aromatic heterocycles. The number of rotatable bonds is 6. The molecule has 5 heteroatoms. The molecule has 0 aliphatic heterocycles. The standard InChI is InChI=1S/C22H25N3O2/c1-16(24-25-22(27)15-17-8-3-2-4-9-17)14-21(26)23-20-13-7-11-18-10-5-6-12-19(18)20/h2-4,7-9,11,13H,5-6,10,12,14-15H2,1H3,(H,23,26)(H,25,27). The van der Waals surface area contributed by atoms with E-state index in [-0.39, 0.29) is 24.7 Å². The van der Waals surface area contributed by atoms with Crippen molar-refractivity contribution < 1.29 is 9.59 Å². The Kier molecular flexibility index (Phi) is 6.36. The SMILES string of the molecule is CC(CC(=O)Nc1cccc2c1CCCC2)=NNC(=O)Cc1ccccc1. The average Bonchev–Trinajstić information content (AvgIpc) is 2.67. The van der Waals surface area contributed by atoms with Gasteiger partial charge in [-0.3, -0.25) is 9.59 Å². The third-order valence-electron chi connectivity index (χ3n) is 4.67. The van der Waals surface area contributed by atoms with Gasteiger partial charge in [-0.2, -0.15) is 5.10 Å². The summed E-state index contributed by atoms with van der Waals surface area (Å²) >= 11 is 0. The number of fused-ring (bicyclic) bond motifs is 1. The minimum atomic E-state index is -0.196. The summed E-state index contributed by atoms with van der Waals surface area (Å²) in [6.07, 6.45) is 4.86. The average molecular weight is 363 g/mol. The highest BCUT2D eigenvalue weighted by molar-refractivity contribution is 6.06. The first-order chi connectivity index (χ1) is 13.1. The van der Waals surface area contributed by atoms with Crippen molar-refractivity contribution in [2.45, 2.75) is 45.4 Å². The van der Waals surface area contributed by atoms with Crippen LogP contribution < -0.4 is 10.7 Å². The molecule has 3 rings (SSSR count). The summed E-state index contributed by atoms with van der Waals surface area (Å²) in [5.41, 5.74) is 7.50. The molecule has 2 aromatic carbocycles. The van der Waals surface area contributed by atoms with Gasteiger partial charge in [0.15, 0.2) is 0 Å². The number of anilines is 1. The molecule has 0 unspecified atom stereocenters. The molecule has 0 bridgehead atoms. The number of nitrogens with zero attached hydrogens (tertiary/aromatic N) is 1. The van der Waals surface area contributed by atoms with Gasteiger partial charge in [0.05, 0.1) is 12.8 Å². The highest BCUT2D eigenvalue weighted by atomic mass is 16.2. The number of nitrogens with one attached hydrogen (secondary N) is 2. The van der Waals surface area contributed by atoms with Crippen LogP contribution in [0.15, 0.2) is 53.6 Å². The van der Waals surface area contributed by atoms with Crippen LogP contribution in [-0.2, 0) is 28.9 Å². The first-order valence-electron chi connectivity index (χ1n) is 9.38. The van der Waals surface area contributed by atoms with Crippen LogP contribution in [0.25, 0.3) is 0 Å². The lowest BCUT2D eigenvalue weighted by Crippen LogP contribution is -2.23. The summed E-state index contributed by atoms with van der Waals surface area (Å²) in [6, 6.07) is 15.6. The van der Waals surface area contributed by atoms with Crippen LogP contribution in [0.1, 0.15) is 42.9 Å². The Balaban J connectivity index is 1.52. The first kappa shape index (κ1) is 18.8. The van der Waals surface area contributed by atoms with E-state index < -0.39 is 0 Å². The zero-order valence-electron chi connectivity index (χ0n) is 15.6. The molecule has 140 valence electrons. The van der Waals surface area contributed by atoms with Gasteiger partial charge >= 0.3 is 0 Å². The van der Waals surface area contributed by atoms with E-state index in [1.165, 1.54) is 17.5 Å². The normalized spacial score (nSPS) is 13.6. The maximum atomic E-state index is 12.3. The Labute approximate surface area is 159 Å². The van der Waals surface area contributed by atoms with Crippen molar-refractivity contribution >= 4 is 23.2 Å². The number of aryl methyl sites for hydroxylation is 1. The van der Waals surface area contributed by atoms with Crippen molar-refractivity contribution in [2.24, 2.45) is 5.10 Å². The number of carbonyl (C=O) groups excluding carboxylic acids is 2. The number of hydrogen-bond donors (Lipinski definition) is 2. The zero-order chi connectivity index (χ0) is 19.1. The Morgan fingerprint density at radius 2 is 1.74 bits per heavy atom. The molecular weight excluding hydrogens is 338 g/mol. The fourth-order valence-electron chi connectivity index (χ4n) is 3.34. The summed E-state index contributed by atoms with van der Waals surface area (Å²) in [6.45, 7) is 1.74. The summed E-state index contributed by atoms with van der Waals surface area (Å²) in [5.74, 6) is -0.314. The van der Waals surface area contributed by atoms with Gasteiger partial charge in [0, 0.05) is 11.4 Å². The molecule has 0 heterocycles. The third-order valence-corrected chi connectivity index (χ3v) is 4.67. The topological polar surface area (TPSA) is 70.6 Å². The molecule has 0 saturated heterocycles.